The summed E-state index contributed by atoms with van der Waals surface area (Å²) in [6.45, 7) is 6.37. The fourth-order valence-corrected chi connectivity index (χ4v) is 2.69. The predicted molar refractivity (Wildman–Crippen MR) is 89.9 cm³/mol. The van der Waals surface area contributed by atoms with Crippen LogP contribution in [-0.4, -0.2) is 61.1 Å². The van der Waals surface area contributed by atoms with Gasteiger partial charge in [-0.1, -0.05) is 11.6 Å². The molecule has 1 aromatic rings. The molecule has 1 heterocycles. The van der Waals surface area contributed by atoms with Crippen LogP contribution in [0, 0.1) is 6.92 Å². The number of aryl methyl sites for hydroxylation is 1. The van der Waals surface area contributed by atoms with Gasteiger partial charge >= 0.3 is 6.09 Å². The first-order valence-corrected chi connectivity index (χ1v) is 8.08. The second-order valence-corrected chi connectivity index (χ2v) is 5.82. The summed E-state index contributed by atoms with van der Waals surface area (Å²) in [6.07, 6.45) is -0.311. The monoisotopic (exact) mass is 339 g/mol. The Hall–Kier alpha value is -1.95. The number of carbonyl (C=O) groups excluding carboxylic acids is 2. The first-order chi connectivity index (χ1) is 11.0. The number of carbonyl (C=O) groups is 2. The number of piperazine rings is 1. The van der Waals surface area contributed by atoms with Gasteiger partial charge in [0.1, 0.15) is 0 Å². The quantitative estimate of drug-likeness (QED) is 0.914. The van der Waals surface area contributed by atoms with E-state index in [2.05, 4.69) is 5.32 Å². The van der Waals surface area contributed by atoms with E-state index >= 15 is 0 Å². The van der Waals surface area contributed by atoms with Crippen LogP contribution in [0.15, 0.2) is 18.2 Å². The van der Waals surface area contributed by atoms with E-state index in [1.54, 1.807) is 22.8 Å². The summed E-state index contributed by atoms with van der Waals surface area (Å²) in [5.74, 6) is 0.0165. The summed E-state index contributed by atoms with van der Waals surface area (Å²) in [4.78, 5) is 27.3. The summed E-state index contributed by atoms with van der Waals surface area (Å²) >= 11 is 5.92. The van der Waals surface area contributed by atoms with Crippen LogP contribution in [0.5, 0.6) is 0 Å². The second kappa shape index (κ2) is 8.06. The van der Waals surface area contributed by atoms with Gasteiger partial charge in [0.15, 0.2) is 0 Å². The minimum Gasteiger partial charge on any atom is -0.450 e. The largest absolute Gasteiger partial charge is 0.450 e. The number of anilines is 1. The van der Waals surface area contributed by atoms with Gasteiger partial charge in [0.25, 0.3) is 0 Å². The molecule has 0 aliphatic carbocycles. The molecule has 0 bridgehead atoms. The lowest BCUT2D eigenvalue weighted by Crippen LogP contribution is -2.51. The molecule has 0 aromatic heterocycles. The molecule has 126 valence electrons. The Morgan fingerprint density at radius 3 is 2.48 bits per heavy atom. The number of halogens is 1. The van der Waals surface area contributed by atoms with E-state index in [4.69, 9.17) is 16.3 Å². The first-order valence-electron chi connectivity index (χ1n) is 7.70. The standard InChI is InChI=1S/C16H22ClN3O3/c1-3-23-16(22)20-8-6-19(7-9-20)15(21)11-18-14-5-4-13(17)10-12(14)2/h4-5,10,18H,3,6-9,11H2,1-2H3. The molecule has 1 aliphatic heterocycles. The Bertz CT molecular complexity index is 572. The van der Waals surface area contributed by atoms with Gasteiger partial charge in [-0.25, -0.2) is 4.79 Å². The number of nitrogens with zero attached hydrogens (tertiary/aromatic N) is 2. The third-order valence-corrected chi connectivity index (χ3v) is 4.01. The highest BCUT2D eigenvalue weighted by Crippen LogP contribution is 2.19. The maximum Gasteiger partial charge on any atom is 0.409 e. The van der Waals surface area contributed by atoms with Crippen molar-refractivity contribution in [2.24, 2.45) is 0 Å². The molecule has 1 aromatic carbocycles. The molecule has 1 N–H and O–H groups in total. The molecular weight excluding hydrogens is 318 g/mol. The molecule has 6 nitrogen and oxygen atoms in total. The van der Waals surface area contributed by atoms with Crippen molar-refractivity contribution in [2.45, 2.75) is 13.8 Å². The molecule has 2 rings (SSSR count). The molecule has 0 radical (unpaired) electrons. The zero-order chi connectivity index (χ0) is 16.8. The van der Waals surface area contributed by atoms with E-state index in [-0.39, 0.29) is 18.5 Å². The normalized spacial score (nSPS) is 14.6. The van der Waals surface area contributed by atoms with Crippen molar-refractivity contribution in [1.82, 2.24) is 9.80 Å². The van der Waals surface area contributed by atoms with Crippen LogP contribution in [-0.2, 0) is 9.53 Å². The molecule has 1 saturated heterocycles. The third kappa shape index (κ3) is 4.76. The summed E-state index contributed by atoms with van der Waals surface area (Å²) < 4.78 is 4.97. The highest BCUT2D eigenvalue weighted by molar-refractivity contribution is 6.30. The van der Waals surface area contributed by atoms with Gasteiger partial charge in [-0.05, 0) is 37.6 Å². The average Bonchev–Trinajstić information content (AvgIpc) is 2.54. The molecule has 0 unspecified atom stereocenters. The SMILES string of the molecule is CCOC(=O)N1CCN(C(=O)CNc2ccc(Cl)cc2C)CC1. The molecule has 0 saturated carbocycles. The van der Waals surface area contributed by atoms with Crippen molar-refractivity contribution >= 4 is 29.3 Å². The Morgan fingerprint density at radius 2 is 1.87 bits per heavy atom. The van der Waals surface area contributed by atoms with Gasteiger partial charge in [0.05, 0.1) is 13.2 Å². The second-order valence-electron chi connectivity index (χ2n) is 5.38. The lowest BCUT2D eigenvalue weighted by atomic mass is 10.2. The third-order valence-electron chi connectivity index (χ3n) is 3.78. The Labute approximate surface area is 141 Å². The Balaban J connectivity index is 1.80. The van der Waals surface area contributed by atoms with Gasteiger partial charge in [-0.15, -0.1) is 0 Å². The van der Waals surface area contributed by atoms with E-state index < -0.39 is 0 Å². The number of hydrogen-bond donors (Lipinski definition) is 1. The van der Waals surface area contributed by atoms with Crippen molar-refractivity contribution in [2.75, 3.05) is 44.6 Å². The van der Waals surface area contributed by atoms with Gasteiger partial charge < -0.3 is 19.9 Å². The molecule has 7 heteroatoms. The molecule has 23 heavy (non-hydrogen) atoms. The van der Waals surface area contributed by atoms with E-state index in [0.717, 1.165) is 11.3 Å². The van der Waals surface area contributed by atoms with Gasteiger partial charge in [0, 0.05) is 36.9 Å². The lowest BCUT2D eigenvalue weighted by Gasteiger charge is -2.34. The number of rotatable bonds is 4. The molecule has 2 amide bonds. The van der Waals surface area contributed by atoms with Gasteiger partial charge in [-0.3, -0.25) is 4.79 Å². The highest BCUT2D eigenvalue weighted by Gasteiger charge is 2.24. The van der Waals surface area contributed by atoms with Gasteiger partial charge in [-0.2, -0.15) is 0 Å². The topological polar surface area (TPSA) is 61.9 Å². The van der Waals surface area contributed by atoms with Crippen molar-refractivity contribution in [3.05, 3.63) is 28.8 Å². The van der Waals surface area contributed by atoms with Crippen molar-refractivity contribution in [3.63, 3.8) is 0 Å². The molecule has 1 fully saturated rings. The Morgan fingerprint density at radius 1 is 1.22 bits per heavy atom. The number of amides is 2. The Kier molecular flexibility index (Phi) is 6.10. The number of hydrogen-bond acceptors (Lipinski definition) is 4. The molecule has 0 spiro atoms. The number of nitrogens with one attached hydrogen (secondary N) is 1. The van der Waals surface area contributed by atoms with Crippen LogP contribution in [0.1, 0.15) is 12.5 Å². The maximum atomic E-state index is 12.3. The van der Waals surface area contributed by atoms with Crippen LogP contribution in [0.4, 0.5) is 10.5 Å². The van der Waals surface area contributed by atoms with Crippen LogP contribution in [0.25, 0.3) is 0 Å². The smallest absolute Gasteiger partial charge is 0.409 e. The van der Waals surface area contributed by atoms with E-state index in [1.165, 1.54) is 0 Å². The lowest BCUT2D eigenvalue weighted by molar-refractivity contribution is -0.130. The summed E-state index contributed by atoms with van der Waals surface area (Å²) in [5, 5.41) is 3.81. The van der Waals surface area contributed by atoms with E-state index in [9.17, 15) is 9.59 Å². The first kappa shape index (κ1) is 17.4. The van der Waals surface area contributed by atoms with E-state index in [1.807, 2.05) is 19.1 Å². The highest BCUT2D eigenvalue weighted by atomic mass is 35.5. The predicted octanol–water partition coefficient (Wildman–Crippen LogP) is 2.36. The maximum absolute atomic E-state index is 12.3. The summed E-state index contributed by atoms with van der Waals surface area (Å²) in [6, 6.07) is 5.51. The van der Waals surface area contributed by atoms with Crippen molar-refractivity contribution in [3.8, 4) is 0 Å². The minimum atomic E-state index is -0.311. The number of ether oxygens (including phenoxy) is 1. The van der Waals surface area contributed by atoms with Crippen LogP contribution in [0.3, 0.4) is 0 Å². The molecular formula is C16H22ClN3O3. The average molecular weight is 340 g/mol. The molecule has 0 atom stereocenters. The van der Waals surface area contributed by atoms with Crippen LogP contribution >= 0.6 is 11.6 Å². The van der Waals surface area contributed by atoms with E-state index in [0.29, 0.717) is 37.8 Å². The molecule has 1 aliphatic rings. The van der Waals surface area contributed by atoms with Crippen molar-refractivity contribution < 1.29 is 14.3 Å². The van der Waals surface area contributed by atoms with Crippen LogP contribution < -0.4 is 5.32 Å². The van der Waals surface area contributed by atoms with Gasteiger partial charge in [0.2, 0.25) is 5.91 Å². The fourth-order valence-electron chi connectivity index (χ4n) is 2.46. The summed E-state index contributed by atoms with van der Waals surface area (Å²) in [7, 11) is 0. The van der Waals surface area contributed by atoms with Crippen LogP contribution in [0.2, 0.25) is 5.02 Å². The van der Waals surface area contributed by atoms with Crippen molar-refractivity contribution in [1.29, 1.82) is 0 Å². The zero-order valence-corrected chi connectivity index (χ0v) is 14.2. The summed E-state index contributed by atoms with van der Waals surface area (Å²) in [5.41, 5.74) is 1.89. The minimum absolute atomic E-state index is 0.0165. The number of benzene rings is 1. The zero-order valence-electron chi connectivity index (χ0n) is 13.5. The fraction of sp³-hybridized carbons (Fsp3) is 0.500.